The number of nitrogens with zero attached hydrogens (tertiary/aromatic N) is 2. The molecule has 0 saturated heterocycles. The molecule has 1 aromatic carbocycles. The summed E-state index contributed by atoms with van der Waals surface area (Å²) in [4.78, 5) is 36.9. The number of aromatic nitrogens is 2. The van der Waals surface area contributed by atoms with E-state index in [1.807, 2.05) is 32.0 Å². The topological polar surface area (TPSA) is 93.1 Å². The van der Waals surface area contributed by atoms with Gasteiger partial charge in [-0.1, -0.05) is 29.3 Å². The Labute approximate surface area is 171 Å². The van der Waals surface area contributed by atoms with Gasteiger partial charge in [-0.05, 0) is 38.3 Å². The van der Waals surface area contributed by atoms with Crippen LogP contribution < -0.4 is 16.2 Å². The van der Waals surface area contributed by atoms with Gasteiger partial charge in [0.25, 0.3) is 5.56 Å². The number of benzene rings is 1. The highest BCUT2D eigenvalue weighted by molar-refractivity contribution is 8.00. The fraction of sp³-hybridized carbons (Fsp3) is 0.368. The van der Waals surface area contributed by atoms with Crippen molar-refractivity contribution in [3.8, 4) is 0 Å². The molecule has 0 spiro atoms. The average Bonchev–Trinajstić information content (AvgIpc) is 3.45. The van der Waals surface area contributed by atoms with Crippen molar-refractivity contribution >= 4 is 40.9 Å². The molecule has 1 saturated carbocycles. The van der Waals surface area contributed by atoms with E-state index in [0.717, 1.165) is 40.4 Å². The predicted octanol–water partition coefficient (Wildman–Crippen LogP) is 2.52. The van der Waals surface area contributed by atoms with E-state index in [1.165, 1.54) is 6.20 Å². The Kier molecular flexibility index (Phi) is 6.41. The molecule has 0 atom stereocenters. The molecule has 2 aromatic rings. The van der Waals surface area contributed by atoms with Gasteiger partial charge in [-0.2, -0.15) is 5.10 Å². The highest BCUT2D eigenvalue weighted by atomic mass is 35.5. The molecule has 0 radical (unpaired) electrons. The number of rotatable bonds is 7. The van der Waals surface area contributed by atoms with Gasteiger partial charge < -0.3 is 10.6 Å². The Morgan fingerprint density at radius 3 is 2.71 bits per heavy atom. The molecule has 1 fully saturated rings. The number of nitrogens with one attached hydrogen (secondary N) is 2. The lowest BCUT2D eigenvalue weighted by Crippen LogP contribution is -2.30. The van der Waals surface area contributed by atoms with Crippen molar-refractivity contribution in [3.63, 3.8) is 0 Å². The second-order valence-electron chi connectivity index (χ2n) is 6.78. The molecule has 3 rings (SSSR count). The van der Waals surface area contributed by atoms with E-state index in [4.69, 9.17) is 11.6 Å². The summed E-state index contributed by atoms with van der Waals surface area (Å²) in [5.74, 6) is -0.309. The van der Waals surface area contributed by atoms with Gasteiger partial charge in [-0.15, -0.1) is 11.8 Å². The molecule has 1 aliphatic rings. The van der Waals surface area contributed by atoms with E-state index in [-0.39, 0.29) is 35.2 Å². The van der Waals surface area contributed by atoms with Gasteiger partial charge in [0.15, 0.2) is 0 Å². The van der Waals surface area contributed by atoms with Crippen molar-refractivity contribution in [1.29, 1.82) is 0 Å². The number of thioether (sulfide) groups is 1. The zero-order chi connectivity index (χ0) is 20.3. The molecular formula is C19H21ClN4O3S. The predicted molar refractivity (Wildman–Crippen MR) is 110 cm³/mol. The zero-order valence-electron chi connectivity index (χ0n) is 15.6. The highest BCUT2D eigenvalue weighted by Crippen LogP contribution is 2.24. The van der Waals surface area contributed by atoms with E-state index >= 15 is 0 Å². The Balaban J connectivity index is 1.62. The van der Waals surface area contributed by atoms with Crippen molar-refractivity contribution in [1.82, 2.24) is 15.1 Å². The normalized spacial score (nSPS) is 13.2. The Morgan fingerprint density at radius 1 is 1.29 bits per heavy atom. The van der Waals surface area contributed by atoms with Crippen LogP contribution in [0.4, 0.5) is 5.69 Å². The van der Waals surface area contributed by atoms with Gasteiger partial charge in [-0.25, -0.2) is 4.68 Å². The lowest BCUT2D eigenvalue weighted by atomic mass is 10.1. The highest BCUT2D eigenvalue weighted by Gasteiger charge is 2.23. The lowest BCUT2D eigenvalue weighted by Gasteiger charge is -2.11. The molecule has 2 amide bonds. The summed E-state index contributed by atoms with van der Waals surface area (Å²) in [6, 6.07) is 5.96. The quantitative estimate of drug-likeness (QED) is 0.671. The largest absolute Gasteiger partial charge is 0.353 e. The van der Waals surface area contributed by atoms with Crippen molar-refractivity contribution < 1.29 is 9.59 Å². The number of carbonyl (C=O) groups excluding carboxylic acids is 2. The second kappa shape index (κ2) is 8.79. The SMILES string of the molecule is Cc1ccc(NC(=O)Cn2ncc(SCC(=O)NC3CC3)c(Cl)c2=O)c(C)c1. The summed E-state index contributed by atoms with van der Waals surface area (Å²) >= 11 is 7.28. The summed E-state index contributed by atoms with van der Waals surface area (Å²) in [7, 11) is 0. The van der Waals surface area contributed by atoms with Crippen LogP contribution in [-0.4, -0.2) is 33.4 Å². The average molecular weight is 421 g/mol. The number of hydrogen-bond donors (Lipinski definition) is 2. The van der Waals surface area contributed by atoms with Crippen LogP contribution in [0.15, 0.2) is 34.1 Å². The molecule has 28 heavy (non-hydrogen) atoms. The first-order valence-electron chi connectivity index (χ1n) is 8.88. The van der Waals surface area contributed by atoms with E-state index in [9.17, 15) is 14.4 Å². The van der Waals surface area contributed by atoms with Crippen LogP contribution in [0, 0.1) is 13.8 Å². The fourth-order valence-electron chi connectivity index (χ4n) is 2.58. The third-order valence-electron chi connectivity index (χ3n) is 4.20. The summed E-state index contributed by atoms with van der Waals surface area (Å²) in [6.45, 7) is 3.62. The molecule has 0 bridgehead atoms. The summed E-state index contributed by atoms with van der Waals surface area (Å²) < 4.78 is 1.01. The van der Waals surface area contributed by atoms with Crippen molar-refractivity contribution in [2.45, 2.75) is 44.2 Å². The van der Waals surface area contributed by atoms with E-state index in [1.54, 1.807) is 0 Å². The molecule has 9 heteroatoms. The zero-order valence-corrected chi connectivity index (χ0v) is 17.2. The Morgan fingerprint density at radius 2 is 2.04 bits per heavy atom. The van der Waals surface area contributed by atoms with E-state index < -0.39 is 5.56 Å². The van der Waals surface area contributed by atoms with Gasteiger partial charge in [0.2, 0.25) is 11.8 Å². The van der Waals surface area contributed by atoms with Crippen LogP contribution in [0.3, 0.4) is 0 Å². The first kappa shape index (κ1) is 20.4. The van der Waals surface area contributed by atoms with Crippen molar-refractivity contribution in [3.05, 3.63) is 50.9 Å². The van der Waals surface area contributed by atoms with E-state index in [0.29, 0.717) is 10.6 Å². The van der Waals surface area contributed by atoms with Crippen LogP contribution in [0.2, 0.25) is 5.02 Å². The van der Waals surface area contributed by atoms with Crippen LogP contribution in [-0.2, 0) is 16.1 Å². The first-order valence-corrected chi connectivity index (χ1v) is 10.2. The van der Waals surface area contributed by atoms with Gasteiger partial charge >= 0.3 is 0 Å². The van der Waals surface area contributed by atoms with Crippen LogP contribution >= 0.6 is 23.4 Å². The van der Waals surface area contributed by atoms with Gasteiger partial charge in [-0.3, -0.25) is 14.4 Å². The maximum atomic E-state index is 12.4. The molecule has 1 aromatic heterocycles. The summed E-state index contributed by atoms with van der Waals surface area (Å²) in [5.41, 5.74) is 2.15. The third kappa shape index (κ3) is 5.36. The van der Waals surface area contributed by atoms with Gasteiger partial charge in [0, 0.05) is 11.7 Å². The third-order valence-corrected chi connectivity index (χ3v) is 5.71. The molecular weight excluding hydrogens is 400 g/mol. The molecule has 1 aliphatic carbocycles. The minimum absolute atomic E-state index is 0.0430. The van der Waals surface area contributed by atoms with Crippen LogP contribution in [0.5, 0.6) is 0 Å². The smallest absolute Gasteiger partial charge is 0.287 e. The number of amides is 2. The fourth-order valence-corrected chi connectivity index (χ4v) is 3.60. The minimum atomic E-state index is -0.565. The summed E-state index contributed by atoms with van der Waals surface area (Å²) in [5, 5.41) is 9.61. The second-order valence-corrected chi connectivity index (χ2v) is 8.18. The minimum Gasteiger partial charge on any atom is -0.353 e. The van der Waals surface area contributed by atoms with Crippen LogP contribution in [0.1, 0.15) is 24.0 Å². The molecule has 148 valence electrons. The Hall–Kier alpha value is -2.32. The van der Waals surface area contributed by atoms with Crippen LogP contribution in [0.25, 0.3) is 0 Å². The number of carbonyl (C=O) groups is 2. The number of anilines is 1. The maximum Gasteiger partial charge on any atom is 0.287 e. The molecule has 7 nitrogen and oxygen atoms in total. The van der Waals surface area contributed by atoms with Gasteiger partial charge in [0.05, 0.1) is 16.8 Å². The molecule has 1 heterocycles. The Bertz CT molecular complexity index is 972. The lowest BCUT2D eigenvalue weighted by molar-refractivity contribution is -0.119. The van der Waals surface area contributed by atoms with Crippen molar-refractivity contribution in [2.75, 3.05) is 11.1 Å². The molecule has 0 aliphatic heterocycles. The van der Waals surface area contributed by atoms with Crippen molar-refractivity contribution in [2.24, 2.45) is 0 Å². The maximum absolute atomic E-state index is 12.4. The standard InChI is InChI=1S/C19H21ClN4O3S/c1-11-3-6-14(12(2)7-11)23-16(25)9-24-19(27)18(20)15(8-21-24)28-10-17(26)22-13-4-5-13/h3,6-8,13H,4-5,9-10H2,1-2H3,(H,22,26)(H,23,25). The molecule has 2 N–H and O–H groups in total. The number of hydrogen-bond acceptors (Lipinski definition) is 5. The monoisotopic (exact) mass is 420 g/mol. The molecule has 0 unspecified atom stereocenters. The number of halogens is 1. The summed E-state index contributed by atoms with van der Waals surface area (Å²) in [6.07, 6.45) is 3.43. The van der Waals surface area contributed by atoms with E-state index in [2.05, 4.69) is 15.7 Å². The number of aryl methyl sites for hydroxylation is 2. The van der Waals surface area contributed by atoms with Gasteiger partial charge in [0.1, 0.15) is 11.6 Å². The first-order chi connectivity index (χ1) is 13.3.